The minimum atomic E-state index is -1.31. The van der Waals surface area contributed by atoms with Crippen molar-refractivity contribution in [2.24, 2.45) is 4.99 Å². The maximum Gasteiger partial charge on any atom is 2.00 e. The molecule has 1 aromatic carbocycles. The number of rotatable bonds is 7. The first-order valence-electron chi connectivity index (χ1n) is 10.0. The van der Waals surface area contributed by atoms with E-state index >= 15 is 0 Å². The third-order valence-corrected chi connectivity index (χ3v) is 4.61. The number of aliphatic imine (C=N–C) groups is 1. The summed E-state index contributed by atoms with van der Waals surface area (Å²) in [7, 11) is 1.98. The van der Waals surface area contributed by atoms with E-state index in [1.807, 2.05) is 64.1 Å². The number of aliphatic carboxylic acids is 1. The van der Waals surface area contributed by atoms with Crippen LogP contribution in [-0.2, 0) is 21.9 Å². The summed E-state index contributed by atoms with van der Waals surface area (Å²) in [6, 6.07) is 5.57. The van der Waals surface area contributed by atoms with Crippen molar-refractivity contribution >= 4 is 40.2 Å². The van der Waals surface area contributed by atoms with Crippen LogP contribution in [0.1, 0.15) is 12.8 Å². The molecule has 8 nitrogen and oxygen atoms in total. The van der Waals surface area contributed by atoms with Crippen molar-refractivity contribution in [1.29, 1.82) is 0 Å². The Morgan fingerprint density at radius 1 is 1.00 bits per heavy atom. The van der Waals surface area contributed by atoms with Crippen LogP contribution < -0.4 is 20.8 Å². The van der Waals surface area contributed by atoms with Gasteiger partial charge in [-0.2, -0.15) is 4.98 Å². The Morgan fingerprint density at radius 2 is 1.64 bits per heavy atom. The van der Waals surface area contributed by atoms with Gasteiger partial charge >= 0.3 is 17.1 Å². The molecule has 2 aromatic rings. The van der Waals surface area contributed by atoms with Crippen LogP contribution in [0, 0.1) is 63.7 Å². The predicted molar refractivity (Wildman–Crippen MR) is 120 cm³/mol. The summed E-state index contributed by atoms with van der Waals surface area (Å²) in [4.78, 5) is 24.5. The maximum atomic E-state index is 11.7. The zero-order valence-corrected chi connectivity index (χ0v) is 19.1. The standard InChI is InChI=1S/C19H20N5O3.C5H5.Fe/c1-24(11-12-4-2-3-5-12)13-6-7-15-14(10-13)18(20)23-19(21-15)22-16(25)8-9-17(26)27;1-2-4-5-3-1;/h2-7,10H,8-9,11H2,1H3,(H,26,27)(H3,20,21,22,23,25);1-5H;/q;;+2/p-2. The predicted octanol–water partition coefficient (Wildman–Crippen LogP) is 0.993. The average molecular weight is 485 g/mol. The molecule has 1 aromatic heterocycles. The molecule has 2 fully saturated rings. The summed E-state index contributed by atoms with van der Waals surface area (Å²) >= 11 is 0. The van der Waals surface area contributed by atoms with E-state index in [9.17, 15) is 15.0 Å². The van der Waals surface area contributed by atoms with Crippen molar-refractivity contribution < 1.29 is 32.1 Å². The van der Waals surface area contributed by atoms with E-state index in [0.29, 0.717) is 10.9 Å². The Balaban J connectivity index is 0.000000568. The summed E-state index contributed by atoms with van der Waals surface area (Å²) in [5, 5.41) is 22.7. The van der Waals surface area contributed by atoms with Crippen LogP contribution in [0.5, 0.6) is 0 Å². The van der Waals surface area contributed by atoms with Crippen molar-refractivity contribution in [3.63, 3.8) is 0 Å². The normalized spacial score (nSPS) is 16.2. The number of anilines is 2. The zero-order valence-electron chi connectivity index (χ0n) is 18.0. The molecule has 170 valence electrons. The molecular formula is C24H23FeN5O3. The van der Waals surface area contributed by atoms with E-state index in [4.69, 9.17) is 5.73 Å². The SMILES string of the molecule is CN(C[C]1[CH][CH][CH][CH]1)c1ccc2nc(/N=C(\[O-])CCC(=O)[O-])nc(N)c2c1.[CH]1[CH][CH][CH][CH]1.[Fe+2]. The molecule has 0 unspecified atom stereocenters. The topological polar surface area (TPSA) is 131 Å². The van der Waals surface area contributed by atoms with Crippen molar-refractivity contribution in [3.8, 4) is 0 Å². The first-order valence-corrected chi connectivity index (χ1v) is 10.0. The molecule has 2 N–H and O–H groups in total. The van der Waals surface area contributed by atoms with E-state index in [2.05, 4.69) is 32.7 Å². The number of hydrogen-bond donors (Lipinski definition) is 1. The van der Waals surface area contributed by atoms with Crippen molar-refractivity contribution in [1.82, 2.24) is 9.97 Å². The van der Waals surface area contributed by atoms with E-state index in [0.717, 1.165) is 12.2 Å². The van der Waals surface area contributed by atoms with Crippen molar-refractivity contribution in [3.05, 3.63) is 81.9 Å². The first-order chi connectivity index (χ1) is 15.4. The molecule has 33 heavy (non-hydrogen) atoms. The second kappa shape index (κ2) is 13.4. The number of fused-ring (bicyclic) bond motifs is 1. The van der Waals surface area contributed by atoms with Gasteiger partial charge in [0, 0.05) is 36.6 Å². The van der Waals surface area contributed by atoms with Crippen molar-refractivity contribution in [2.45, 2.75) is 12.8 Å². The Kier molecular flexibility index (Phi) is 10.9. The molecular weight excluding hydrogens is 462 g/mol. The molecule has 0 aliphatic heterocycles. The van der Waals surface area contributed by atoms with Gasteiger partial charge in [-0.3, -0.25) is 0 Å². The molecule has 1 heterocycles. The second-order valence-corrected chi connectivity index (χ2v) is 7.10. The third kappa shape index (κ3) is 8.48. The molecule has 4 rings (SSSR count). The maximum absolute atomic E-state index is 11.7. The molecule has 0 bridgehead atoms. The number of carboxylic acid groups (broad SMARTS) is 1. The molecule has 9 heteroatoms. The fourth-order valence-corrected chi connectivity index (χ4v) is 3.00. The summed E-state index contributed by atoms with van der Waals surface area (Å²) in [6.45, 7) is 0.750. The van der Waals surface area contributed by atoms with Gasteiger partial charge in [-0.05, 0) is 94.7 Å². The quantitative estimate of drug-likeness (QED) is 0.352. The van der Waals surface area contributed by atoms with Gasteiger partial charge in [0.25, 0.3) is 5.95 Å². The van der Waals surface area contributed by atoms with Gasteiger partial charge in [-0.25, -0.2) is 9.98 Å². The van der Waals surface area contributed by atoms with E-state index < -0.39 is 18.3 Å². The monoisotopic (exact) mass is 485 g/mol. The number of nitrogen functional groups attached to an aromatic ring is 1. The molecule has 0 spiro atoms. The number of carbonyl (C=O) groups excluding carboxylic acids is 1. The van der Waals surface area contributed by atoms with Gasteiger partial charge in [-0.1, -0.05) is 0 Å². The summed E-state index contributed by atoms with van der Waals surface area (Å²) in [5.41, 5.74) is 7.52. The van der Waals surface area contributed by atoms with Crippen LogP contribution in [0.4, 0.5) is 17.5 Å². The van der Waals surface area contributed by atoms with E-state index in [1.165, 1.54) is 5.92 Å². The van der Waals surface area contributed by atoms with Crippen LogP contribution in [0.2, 0.25) is 0 Å². The number of nitrogens with two attached hydrogens (primary N) is 1. The molecule has 0 saturated heterocycles. The largest absolute Gasteiger partial charge is 2.00 e. The van der Waals surface area contributed by atoms with E-state index in [-0.39, 0.29) is 35.3 Å². The average Bonchev–Trinajstić information content (AvgIpc) is 3.49. The zero-order chi connectivity index (χ0) is 22.9. The van der Waals surface area contributed by atoms with Gasteiger partial charge in [0.2, 0.25) is 0 Å². The Hall–Kier alpha value is -2.38. The number of carbonyl (C=O) groups is 1. The number of aromatic nitrogens is 2. The summed E-state index contributed by atoms with van der Waals surface area (Å²) < 4.78 is 0. The molecule has 0 atom stereocenters. The Morgan fingerprint density at radius 3 is 2.24 bits per heavy atom. The minimum absolute atomic E-state index is 0. The smallest absolute Gasteiger partial charge is 0.862 e. The molecule has 10 radical (unpaired) electrons. The van der Waals surface area contributed by atoms with Crippen LogP contribution in [0.15, 0.2) is 23.2 Å². The second-order valence-electron chi connectivity index (χ2n) is 7.10. The summed E-state index contributed by atoms with van der Waals surface area (Å²) in [5.74, 6) is -0.623. The van der Waals surface area contributed by atoms with Crippen LogP contribution in [0.25, 0.3) is 10.9 Å². The Bertz CT molecular complexity index is 935. The molecule has 2 aliphatic carbocycles. The van der Waals surface area contributed by atoms with Gasteiger partial charge in [0.05, 0.1) is 5.52 Å². The first kappa shape index (κ1) is 26.9. The number of nitrogens with zero attached hydrogens (tertiary/aromatic N) is 4. The van der Waals surface area contributed by atoms with E-state index in [1.54, 1.807) is 6.07 Å². The number of benzene rings is 1. The third-order valence-electron chi connectivity index (χ3n) is 4.61. The fraction of sp³-hybridized carbons (Fsp3) is 0.167. The van der Waals surface area contributed by atoms with Gasteiger partial charge in [0.1, 0.15) is 5.82 Å². The molecule has 0 amide bonds. The van der Waals surface area contributed by atoms with Gasteiger partial charge < -0.3 is 25.6 Å². The van der Waals surface area contributed by atoms with Crippen LogP contribution in [-0.4, -0.2) is 35.4 Å². The van der Waals surface area contributed by atoms with Crippen molar-refractivity contribution in [2.75, 3.05) is 24.2 Å². The minimum Gasteiger partial charge on any atom is -0.862 e. The van der Waals surface area contributed by atoms with Crippen LogP contribution in [0.3, 0.4) is 0 Å². The van der Waals surface area contributed by atoms with Gasteiger partial charge in [0.15, 0.2) is 0 Å². The fourth-order valence-electron chi connectivity index (χ4n) is 3.00. The molecule has 2 saturated carbocycles. The van der Waals surface area contributed by atoms with Crippen LogP contribution >= 0.6 is 0 Å². The number of hydrogen-bond acceptors (Lipinski definition) is 8. The Labute approximate surface area is 206 Å². The van der Waals surface area contributed by atoms with Gasteiger partial charge in [-0.15, -0.1) is 0 Å². The number of carboxylic acids is 1. The summed E-state index contributed by atoms with van der Waals surface area (Å²) in [6.07, 6.45) is 17.4. The molecule has 2 aliphatic rings.